The Kier molecular flexibility index (Phi) is 3.29. The number of rotatable bonds is 3. The predicted molar refractivity (Wildman–Crippen MR) is 71.8 cm³/mol. The van der Waals surface area contributed by atoms with Crippen molar-refractivity contribution in [2.45, 2.75) is 59.8 Å². The van der Waals surface area contributed by atoms with Crippen LogP contribution in [-0.2, 0) is 4.79 Å². The first kappa shape index (κ1) is 12.6. The Labute approximate surface area is 105 Å². The van der Waals surface area contributed by atoms with Crippen LogP contribution in [0.3, 0.4) is 0 Å². The minimum Gasteiger partial charge on any atom is -0.295 e. The van der Waals surface area contributed by atoms with Crippen LogP contribution in [0.5, 0.6) is 0 Å². The highest BCUT2D eigenvalue weighted by Gasteiger charge is 2.46. The first-order chi connectivity index (χ1) is 8.00. The SMILES string of the molecule is CCCCC1=C(C)C(=O)C[C@H]2C(C)=CC[C@]12C. The molecule has 2 rings (SSSR count). The van der Waals surface area contributed by atoms with E-state index < -0.39 is 0 Å². The Morgan fingerprint density at radius 3 is 2.76 bits per heavy atom. The predicted octanol–water partition coefficient (Wildman–Crippen LogP) is 4.44. The van der Waals surface area contributed by atoms with E-state index in [9.17, 15) is 4.79 Å². The van der Waals surface area contributed by atoms with Crippen LogP contribution in [0.25, 0.3) is 0 Å². The number of ketones is 1. The van der Waals surface area contributed by atoms with Crippen molar-refractivity contribution in [2.24, 2.45) is 11.3 Å². The van der Waals surface area contributed by atoms with Crippen LogP contribution in [0.4, 0.5) is 0 Å². The van der Waals surface area contributed by atoms with Gasteiger partial charge in [0.25, 0.3) is 0 Å². The lowest BCUT2D eigenvalue weighted by Crippen LogP contribution is -2.34. The third-order valence-corrected chi connectivity index (χ3v) is 4.90. The number of hydrogen-bond acceptors (Lipinski definition) is 1. The van der Waals surface area contributed by atoms with Gasteiger partial charge in [0.2, 0.25) is 0 Å². The van der Waals surface area contributed by atoms with Gasteiger partial charge in [-0.2, -0.15) is 0 Å². The molecule has 0 saturated heterocycles. The minimum atomic E-state index is 0.247. The smallest absolute Gasteiger partial charge is 0.159 e. The molecule has 2 aliphatic carbocycles. The molecule has 0 amide bonds. The number of allylic oxidation sites excluding steroid dienone is 4. The summed E-state index contributed by atoms with van der Waals surface area (Å²) in [6, 6.07) is 0. The van der Waals surface area contributed by atoms with Gasteiger partial charge in [0.1, 0.15) is 0 Å². The minimum absolute atomic E-state index is 0.247. The molecule has 0 spiro atoms. The summed E-state index contributed by atoms with van der Waals surface area (Å²) >= 11 is 0. The Balaban J connectivity index is 2.37. The van der Waals surface area contributed by atoms with Gasteiger partial charge in [-0.15, -0.1) is 0 Å². The summed E-state index contributed by atoms with van der Waals surface area (Å²) in [5.41, 5.74) is 4.20. The van der Waals surface area contributed by atoms with E-state index in [1.807, 2.05) is 6.92 Å². The second kappa shape index (κ2) is 4.44. The Hall–Kier alpha value is -0.850. The molecule has 0 unspecified atom stereocenters. The maximum atomic E-state index is 12.1. The van der Waals surface area contributed by atoms with E-state index in [4.69, 9.17) is 0 Å². The molecular weight excluding hydrogens is 208 g/mol. The van der Waals surface area contributed by atoms with Gasteiger partial charge in [-0.05, 0) is 50.0 Å². The topological polar surface area (TPSA) is 17.1 Å². The number of carbonyl (C=O) groups is 1. The summed E-state index contributed by atoms with van der Waals surface area (Å²) in [5.74, 6) is 0.860. The summed E-state index contributed by atoms with van der Waals surface area (Å²) in [6.07, 6.45) is 7.75. The van der Waals surface area contributed by atoms with Crippen molar-refractivity contribution in [3.63, 3.8) is 0 Å². The highest BCUT2D eigenvalue weighted by atomic mass is 16.1. The molecule has 94 valence electrons. The fourth-order valence-corrected chi connectivity index (χ4v) is 3.64. The average Bonchev–Trinajstić information content (AvgIpc) is 2.58. The molecule has 0 fully saturated rings. The van der Waals surface area contributed by atoms with E-state index >= 15 is 0 Å². The van der Waals surface area contributed by atoms with Gasteiger partial charge in [0, 0.05) is 6.42 Å². The van der Waals surface area contributed by atoms with Crippen LogP contribution in [0.1, 0.15) is 59.8 Å². The van der Waals surface area contributed by atoms with Crippen LogP contribution < -0.4 is 0 Å². The first-order valence-corrected chi connectivity index (χ1v) is 6.90. The zero-order valence-corrected chi connectivity index (χ0v) is 11.6. The second-order valence-corrected chi connectivity index (χ2v) is 5.96. The molecule has 0 aliphatic heterocycles. The van der Waals surface area contributed by atoms with Crippen LogP contribution in [-0.4, -0.2) is 5.78 Å². The lowest BCUT2D eigenvalue weighted by atomic mass is 9.63. The Bertz CT molecular complexity index is 400. The maximum Gasteiger partial charge on any atom is 0.159 e. The van der Waals surface area contributed by atoms with Crippen LogP contribution in [0, 0.1) is 11.3 Å². The van der Waals surface area contributed by atoms with Crippen molar-refractivity contribution in [1.82, 2.24) is 0 Å². The third kappa shape index (κ3) is 1.90. The van der Waals surface area contributed by atoms with Crippen molar-refractivity contribution in [3.05, 3.63) is 22.8 Å². The first-order valence-electron chi connectivity index (χ1n) is 6.90. The lowest BCUT2D eigenvalue weighted by Gasteiger charge is -2.40. The second-order valence-electron chi connectivity index (χ2n) is 5.96. The molecule has 1 nitrogen and oxygen atoms in total. The zero-order valence-electron chi connectivity index (χ0n) is 11.6. The van der Waals surface area contributed by atoms with Crippen molar-refractivity contribution >= 4 is 5.78 Å². The molecule has 17 heavy (non-hydrogen) atoms. The van der Waals surface area contributed by atoms with Gasteiger partial charge in [-0.1, -0.05) is 37.5 Å². The molecule has 2 atom stereocenters. The van der Waals surface area contributed by atoms with Gasteiger partial charge < -0.3 is 0 Å². The number of fused-ring (bicyclic) bond motifs is 1. The van der Waals surface area contributed by atoms with Crippen molar-refractivity contribution < 1.29 is 4.79 Å². The molecule has 0 N–H and O–H groups in total. The van der Waals surface area contributed by atoms with E-state index in [0.717, 1.165) is 24.8 Å². The summed E-state index contributed by atoms with van der Waals surface area (Å²) in [4.78, 5) is 12.1. The number of unbranched alkanes of at least 4 members (excludes halogenated alkanes) is 1. The molecule has 2 aliphatic rings. The van der Waals surface area contributed by atoms with Crippen molar-refractivity contribution in [3.8, 4) is 0 Å². The molecule has 0 aromatic heterocycles. The van der Waals surface area contributed by atoms with Crippen molar-refractivity contribution in [1.29, 1.82) is 0 Å². The highest BCUT2D eigenvalue weighted by Crippen LogP contribution is 2.54. The Morgan fingerprint density at radius 1 is 1.41 bits per heavy atom. The van der Waals surface area contributed by atoms with E-state index in [1.165, 1.54) is 24.0 Å². The fourth-order valence-electron chi connectivity index (χ4n) is 3.64. The quantitative estimate of drug-likeness (QED) is 0.657. The normalized spacial score (nSPS) is 32.8. The number of Topliss-reactive ketones (excluding diaryl/α,β-unsaturated/α-hetero) is 1. The van der Waals surface area contributed by atoms with Crippen LogP contribution in [0.15, 0.2) is 22.8 Å². The third-order valence-electron chi connectivity index (χ3n) is 4.90. The lowest BCUT2D eigenvalue weighted by molar-refractivity contribution is -0.117. The molecule has 1 heteroatoms. The molecule has 0 radical (unpaired) electrons. The molecule has 0 heterocycles. The van der Waals surface area contributed by atoms with E-state index in [-0.39, 0.29) is 5.41 Å². The molecule has 0 aromatic carbocycles. The largest absolute Gasteiger partial charge is 0.295 e. The monoisotopic (exact) mass is 232 g/mol. The summed E-state index contributed by atoms with van der Waals surface area (Å²) in [6.45, 7) is 8.83. The highest BCUT2D eigenvalue weighted by molar-refractivity contribution is 5.97. The van der Waals surface area contributed by atoms with Gasteiger partial charge in [-0.25, -0.2) is 0 Å². The van der Waals surface area contributed by atoms with E-state index in [2.05, 4.69) is 26.8 Å². The van der Waals surface area contributed by atoms with Gasteiger partial charge in [-0.3, -0.25) is 4.79 Å². The van der Waals surface area contributed by atoms with E-state index in [0.29, 0.717) is 11.7 Å². The summed E-state index contributed by atoms with van der Waals surface area (Å²) < 4.78 is 0. The summed E-state index contributed by atoms with van der Waals surface area (Å²) in [7, 11) is 0. The molecular formula is C16H24O. The maximum absolute atomic E-state index is 12.1. The van der Waals surface area contributed by atoms with Crippen LogP contribution in [0.2, 0.25) is 0 Å². The molecule has 0 aromatic rings. The van der Waals surface area contributed by atoms with Gasteiger partial charge in [0.05, 0.1) is 0 Å². The molecule has 0 saturated carbocycles. The Morgan fingerprint density at radius 2 is 2.12 bits per heavy atom. The van der Waals surface area contributed by atoms with Gasteiger partial charge >= 0.3 is 0 Å². The summed E-state index contributed by atoms with van der Waals surface area (Å²) in [5, 5.41) is 0. The van der Waals surface area contributed by atoms with Crippen molar-refractivity contribution in [2.75, 3.05) is 0 Å². The van der Waals surface area contributed by atoms with Gasteiger partial charge in [0.15, 0.2) is 5.78 Å². The standard InChI is InChI=1S/C16H24O/c1-5-6-7-13-12(3)15(17)10-14-11(2)8-9-16(13,14)4/h8,14H,5-7,9-10H2,1-4H3/t14-,16+/m0/s1. The van der Waals surface area contributed by atoms with E-state index in [1.54, 1.807) is 0 Å². The fraction of sp³-hybridized carbons (Fsp3) is 0.688. The van der Waals surface area contributed by atoms with Crippen LogP contribution >= 0.6 is 0 Å². The zero-order chi connectivity index (χ0) is 12.6. The molecule has 0 bridgehead atoms. The number of hydrogen-bond donors (Lipinski definition) is 0. The average molecular weight is 232 g/mol. The number of carbonyl (C=O) groups excluding carboxylic acids is 1.